The SMILES string of the molecule is CCCCCCCCOC(CNC)c1ccc(F)cc1. The summed E-state index contributed by atoms with van der Waals surface area (Å²) in [4.78, 5) is 0. The predicted octanol–water partition coefficient (Wildman–Crippen LogP) is 4.46. The number of likely N-dealkylation sites (N-methyl/N-ethyl adjacent to an activating group) is 1. The van der Waals surface area contributed by atoms with Crippen LogP contribution in [0.2, 0.25) is 0 Å². The van der Waals surface area contributed by atoms with Gasteiger partial charge in [-0.1, -0.05) is 51.2 Å². The van der Waals surface area contributed by atoms with Crippen molar-refractivity contribution >= 4 is 0 Å². The van der Waals surface area contributed by atoms with Crippen LogP contribution in [-0.2, 0) is 4.74 Å². The highest BCUT2D eigenvalue weighted by molar-refractivity contribution is 5.19. The minimum Gasteiger partial charge on any atom is -0.372 e. The molecule has 0 aliphatic rings. The van der Waals surface area contributed by atoms with Gasteiger partial charge in [0, 0.05) is 13.2 Å². The molecular weight excluding hydrogens is 253 g/mol. The zero-order chi connectivity index (χ0) is 14.6. The molecular formula is C17H28FNO. The lowest BCUT2D eigenvalue weighted by Crippen LogP contribution is -2.20. The average molecular weight is 281 g/mol. The van der Waals surface area contributed by atoms with Gasteiger partial charge in [-0.05, 0) is 31.2 Å². The summed E-state index contributed by atoms with van der Waals surface area (Å²) in [6, 6.07) is 6.59. The molecule has 0 radical (unpaired) electrons. The van der Waals surface area contributed by atoms with Crippen molar-refractivity contribution in [2.75, 3.05) is 20.2 Å². The number of ether oxygens (including phenoxy) is 1. The van der Waals surface area contributed by atoms with Crippen molar-refractivity contribution in [1.82, 2.24) is 5.32 Å². The lowest BCUT2D eigenvalue weighted by atomic mass is 10.1. The van der Waals surface area contributed by atoms with Crippen LogP contribution in [0.15, 0.2) is 24.3 Å². The summed E-state index contributed by atoms with van der Waals surface area (Å²) in [6.07, 6.45) is 7.58. The van der Waals surface area contributed by atoms with Gasteiger partial charge in [-0.15, -0.1) is 0 Å². The third kappa shape index (κ3) is 7.01. The van der Waals surface area contributed by atoms with Crippen molar-refractivity contribution in [3.63, 3.8) is 0 Å². The zero-order valence-electron chi connectivity index (χ0n) is 12.8. The van der Waals surface area contributed by atoms with E-state index in [-0.39, 0.29) is 11.9 Å². The Hall–Kier alpha value is -0.930. The third-order valence-electron chi connectivity index (χ3n) is 3.45. The van der Waals surface area contributed by atoms with E-state index in [0.717, 1.165) is 25.1 Å². The summed E-state index contributed by atoms with van der Waals surface area (Å²) in [5.41, 5.74) is 1.03. The maximum absolute atomic E-state index is 12.9. The van der Waals surface area contributed by atoms with Crippen LogP contribution in [0.1, 0.15) is 57.1 Å². The number of benzene rings is 1. The molecule has 0 aliphatic heterocycles. The lowest BCUT2D eigenvalue weighted by molar-refractivity contribution is 0.0510. The van der Waals surface area contributed by atoms with Crippen molar-refractivity contribution < 1.29 is 9.13 Å². The molecule has 0 amide bonds. The monoisotopic (exact) mass is 281 g/mol. The van der Waals surface area contributed by atoms with Crippen LogP contribution in [0.4, 0.5) is 4.39 Å². The Labute approximate surface area is 122 Å². The summed E-state index contributed by atoms with van der Waals surface area (Å²) >= 11 is 0. The van der Waals surface area contributed by atoms with Crippen molar-refractivity contribution in [3.8, 4) is 0 Å². The third-order valence-corrected chi connectivity index (χ3v) is 3.45. The van der Waals surface area contributed by atoms with E-state index >= 15 is 0 Å². The number of unbranched alkanes of at least 4 members (excludes halogenated alkanes) is 5. The van der Waals surface area contributed by atoms with Gasteiger partial charge in [0.25, 0.3) is 0 Å². The maximum atomic E-state index is 12.9. The van der Waals surface area contributed by atoms with Gasteiger partial charge in [0.1, 0.15) is 5.82 Å². The van der Waals surface area contributed by atoms with Crippen LogP contribution in [0.25, 0.3) is 0 Å². The lowest BCUT2D eigenvalue weighted by Gasteiger charge is -2.18. The molecule has 0 spiro atoms. The summed E-state index contributed by atoms with van der Waals surface area (Å²) in [6.45, 7) is 3.76. The van der Waals surface area contributed by atoms with Crippen LogP contribution in [0, 0.1) is 5.82 Å². The fraction of sp³-hybridized carbons (Fsp3) is 0.647. The minimum atomic E-state index is -0.201. The highest BCUT2D eigenvalue weighted by Gasteiger charge is 2.10. The Kier molecular flexibility index (Phi) is 9.25. The fourth-order valence-electron chi connectivity index (χ4n) is 2.24. The first-order chi connectivity index (χ1) is 9.77. The molecule has 0 fully saturated rings. The predicted molar refractivity (Wildman–Crippen MR) is 82.4 cm³/mol. The van der Waals surface area contributed by atoms with Gasteiger partial charge in [-0.2, -0.15) is 0 Å². The van der Waals surface area contributed by atoms with E-state index in [0.29, 0.717) is 0 Å². The molecule has 1 N–H and O–H groups in total. The van der Waals surface area contributed by atoms with Gasteiger partial charge in [-0.3, -0.25) is 0 Å². The van der Waals surface area contributed by atoms with Crippen molar-refractivity contribution in [3.05, 3.63) is 35.6 Å². The minimum absolute atomic E-state index is 0.0104. The van der Waals surface area contributed by atoms with Gasteiger partial charge in [0.05, 0.1) is 6.10 Å². The smallest absolute Gasteiger partial charge is 0.123 e. The highest BCUT2D eigenvalue weighted by Crippen LogP contribution is 2.18. The molecule has 3 heteroatoms. The quantitative estimate of drug-likeness (QED) is 0.604. The molecule has 2 nitrogen and oxygen atoms in total. The summed E-state index contributed by atoms with van der Waals surface area (Å²) < 4.78 is 18.9. The Balaban J connectivity index is 2.27. The van der Waals surface area contributed by atoms with Gasteiger partial charge in [0.15, 0.2) is 0 Å². The molecule has 0 aromatic heterocycles. The molecule has 1 aromatic rings. The number of halogens is 1. The fourth-order valence-corrected chi connectivity index (χ4v) is 2.24. The molecule has 0 saturated heterocycles. The number of hydrogen-bond donors (Lipinski definition) is 1. The van der Waals surface area contributed by atoms with E-state index in [1.54, 1.807) is 12.1 Å². The second-order valence-corrected chi connectivity index (χ2v) is 5.24. The Morgan fingerprint density at radius 3 is 2.35 bits per heavy atom. The Morgan fingerprint density at radius 1 is 1.05 bits per heavy atom. The van der Waals surface area contributed by atoms with E-state index in [4.69, 9.17) is 4.74 Å². The summed E-state index contributed by atoms with van der Waals surface area (Å²) in [5.74, 6) is -0.201. The molecule has 0 bridgehead atoms. The van der Waals surface area contributed by atoms with Crippen LogP contribution in [0.3, 0.4) is 0 Å². The van der Waals surface area contributed by atoms with E-state index in [2.05, 4.69) is 12.2 Å². The first-order valence-corrected chi connectivity index (χ1v) is 7.79. The van der Waals surface area contributed by atoms with Gasteiger partial charge in [0.2, 0.25) is 0 Å². The van der Waals surface area contributed by atoms with E-state index in [1.165, 1.54) is 44.2 Å². The molecule has 0 aliphatic carbocycles. The first-order valence-electron chi connectivity index (χ1n) is 7.79. The molecule has 1 atom stereocenters. The van der Waals surface area contributed by atoms with Crippen LogP contribution >= 0.6 is 0 Å². The Bertz CT molecular complexity index is 339. The highest BCUT2D eigenvalue weighted by atomic mass is 19.1. The van der Waals surface area contributed by atoms with E-state index in [1.807, 2.05) is 7.05 Å². The topological polar surface area (TPSA) is 21.3 Å². The first kappa shape index (κ1) is 17.1. The summed E-state index contributed by atoms with van der Waals surface area (Å²) in [7, 11) is 1.91. The van der Waals surface area contributed by atoms with Crippen LogP contribution in [0.5, 0.6) is 0 Å². The molecule has 1 aromatic carbocycles. The van der Waals surface area contributed by atoms with Crippen LogP contribution in [-0.4, -0.2) is 20.2 Å². The van der Waals surface area contributed by atoms with Crippen molar-refractivity contribution in [2.45, 2.75) is 51.6 Å². The van der Waals surface area contributed by atoms with E-state index < -0.39 is 0 Å². The largest absolute Gasteiger partial charge is 0.372 e. The molecule has 114 valence electrons. The standard InChI is InChI=1S/C17H28FNO/c1-3-4-5-6-7-8-13-20-17(14-19-2)15-9-11-16(18)12-10-15/h9-12,17,19H,3-8,13-14H2,1-2H3. The molecule has 0 heterocycles. The van der Waals surface area contributed by atoms with Crippen molar-refractivity contribution in [2.24, 2.45) is 0 Å². The number of nitrogens with one attached hydrogen (secondary N) is 1. The second-order valence-electron chi connectivity index (χ2n) is 5.24. The van der Waals surface area contributed by atoms with E-state index in [9.17, 15) is 4.39 Å². The molecule has 1 unspecified atom stereocenters. The van der Waals surface area contributed by atoms with Gasteiger partial charge >= 0.3 is 0 Å². The van der Waals surface area contributed by atoms with Crippen molar-refractivity contribution in [1.29, 1.82) is 0 Å². The zero-order valence-corrected chi connectivity index (χ0v) is 12.8. The average Bonchev–Trinajstić information content (AvgIpc) is 2.46. The molecule has 0 saturated carbocycles. The summed E-state index contributed by atoms with van der Waals surface area (Å²) in [5, 5.41) is 3.13. The molecule has 1 rings (SSSR count). The van der Waals surface area contributed by atoms with Crippen LogP contribution < -0.4 is 5.32 Å². The maximum Gasteiger partial charge on any atom is 0.123 e. The number of hydrogen-bond acceptors (Lipinski definition) is 2. The Morgan fingerprint density at radius 2 is 1.70 bits per heavy atom. The molecule has 20 heavy (non-hydrogen) atoms. The van der Waals surface area contributed by atoms with Gasteiger partial charge < -0.3 is 10.1 Å². The normalized spacial score (nSPS) is 12.6. The van der Waals surface area contributed by atoms with Gasteiger partial charge in [-0.25, -0.2) is 4.39 Å². The second kappa shape index (κ2) is 10.8. The number of rotatable bonds is 11.